The van der Waals surface area contributed by atoms with Crippen molar-refractivity contribution in [2.24, 2.45) is 0 Å². The van der Waals surface area contributed by atoms with Gasteiger partial charge in [-0.3, -0.25) is 0 Å². The van der Waals surface area contributed by atoms with Gasteiger partial charge in [-0.25, -0.2) is 15.0 Å². The molecule has 0 radical (unpaired) electrons. The van der Waals surface area contributed by atoms with Gasteiger partial charge in [-0.2, -0.15) is 0 Å². The van der Waals surface area contributed by atoms with Crippen molar-refractivity contribution in [3.05, 3.63) is 170 Å². The van der Waals surface area contributed by atoms with Gasteiger partial charge in [-0.05, 0) is 47.5 Å². The number of hydrogen-bond donors (Lipinski definition) is 0. The molecular formula is C45H28N4O. The quantitative estimate of drug-likeness (QED) is 0.188. The summed E-state index contributed by atoms with van der Waals surface area (Å²) in [4.78, 5) is 14.9. The molecule has 0 aliphatic carbocycles. The van der Waals surface area contributed by atoms with E-state index >= 15 is 0 Å². The summed E-state index contributed by atoms with van der Waals surface area (Å²) >= 11 is 0. The van der Waals surface area contributed by atoms with Crippen molar-refractivity contribution >= 4 is 43.7 Å². The summed E-state index contributed by atoms with van der Waals surface area (Å²) in [5.41, 5.74) is 10.0. The van der Waals surface area contributed by atoms with Gasteiger partial charge < -0.3 is 8.98 Å². The Morgan fingerprint density at radius 2 is 0.940 bits per heavy atom. The number of aromatic nitrogens is 4. The Morgan fingerprint density at radius 3 is 1.62 bits per heavy atom. The highest BCUT2D eigenvalue weighted by atomic mass is 16.3. The van der Waals surface area contributed by atoms with Crippen LogP contribution < -0.4 is 0 Å². The molecule has 0 N–H and O–H groups in total. The molecule has 0 aliphatic heterocycles. The zero-order valence-electron chi connectivity index (χ0n) is 26.9. The van der Waals surface area contributed by atoms with Crippen LogP contribution in [0.15, 0.2) is 174 Å². The van der Waals surface area contributed by atoms with E-state index in [1.807, 2.05) is 72.8 Å². The monoisotopic (exact) mass is 640 g/mol. The smallest absolute Gasteiger partial charge is 0.167 e. The standard InChI is InChI=1S/C45H28N4O/c1-4-13-29(14-5-1)30-23-25-33(26-24-30)49-39-22-11-10-19-34(39)37-28-41-38(27-40(37)49)35-20-12-21-36(42(35)50-41)45-47-43(31-15-6-2-7-16-31)46-44(48-45)32-17-8-3-9-18-32/h1-28H. The summed E-state index contributed by atoms with van der Waals surface area (Å²) in [5.74, 6) is 1.81. The lowest BCUT2D eigenvalue weighted by Gasteiger charge is -2.09. The molecule has 3 aromatic heterocycles. The van der Waals surface area contributed by atoms with E-state index in [0.717, 1.165) is 60.7 Å². The molecule has 50 heavy (non-hydrogen) atoms. The summed E-state index contributed by atoms with van der Waals surface area (Å²) in [5, 5.41) is 4.37. The molecule has 3 heterocycles. The van der Waals surface area contributed by atoms with Crippen molar-refractivity contribution in [3.63, 3.8) is 0 Å². The predicted molar refractivity (Wildman–Crippen MR) is 203 cm³/mol. The number of rotatable bonds is 5. The van der Waals surface area contributed by atoms with Crippen LogP contribution in [0.1, 0.15) is 0 Å². The lowest BCUT2D eigenvalue weighted by Crippen LogP contribution is -2.00. The Hall–Kier alpha value is -6.85. The van der Waals surface area contributed by atoms with Crippen molar-refractivity contribution < 1.29 is 4.42 Å². The fraction of sp³-hybridized carbons (Fsp3) is 0. The molecule has 5 heteroatoms. The van der Waals surface area contributed by atoms with Crippen molar-refractivity contribution in [1.82, 2.24) is 19.5 Å². The van der Waals surface area contributed by atoms with Crippen LogP contribution in [0.4, 0.5) is 0 Å². The predicted octanol–water partition coefficient (Wildman–Crippen LogP) is 11.5. The SMILES string of the molecule is c1ccc(-c2ccc(-n3c4ccccc4c4cc5oc6c(-c7nc(-c8ccccc8)nc(-c8ccccc8)n7)cccc6c5cc43)cc2)cc1. The molecule has 7 aromatic carbocycles. The highest BCUT2D eigenvalue weighted by Gasteiger charge is 2.20. The average Bonchev–Trinajstić information content (AvgIpc) is 3.73. The number of para-hydroxylation sites is 2. The normalized spacial score (nSPS) is 11.6. The molecule has 10 aromatic rings. The van der Waals surface area contributed by atoms with E-state index in [1.54, 1.807) is 0 Å². The third kappa shape index (κ3) is 4.60. The van der Waals surface area contributed by atoms with E-state index < -0.39 is 0 Å². The number of benzene rings is 7. The van der Waals surface area contributed by atoms with Gasteiger partial charge >= 0.3 is 0 Å². The Morgan fingerprint density at radius 1 is 0.380 bits per heavy atom. The van der Waals surface area contributed by atoms with E-state index in [4.69, 9.17) is 19.4 Å². The molecule has 0 saturated heterocycles. The zero-order valence-corrected chi connectivity index (χ0v) is 26.9. The number of fused-ring (bicyclic) bond motifs is 6. The minimum atomic E-state index is 0.570. The highest BCUT2D eigenvalue weighted by molar-refractivity contribution is 6.18. The molecule has 0 unspecified atom stereocenters. The highest BCUT2D eigenvalue weighted by Crippen LogP contribution is 2.41. The van der Waals surface area contributed by atoms with Crippen molar-refractivity contribution in [1.29, 1.82) is 0 Å². The van der Waals surface area contributed by atoms with Gasteiger partial charge in [-0.1, -0.05) is 133 Å². The molecule has 0 saturated carbocycles. The maximum absolute atomic E-state index is 6.76. The van der Waals surface area contributed by atoms with Gasteiger partial charge in [0.15, 0.2) is 17.5 Å². The van der Waals surface area contributed by atoms with Crippen LogP contribution in [-0.4, -0.2) is 19.5 Å². The van der Waals surface area contributed by atoms with Gasteiger partial charge in [-0.15, -0.1) is 0 Å². The maximum atomic E-state index is 6.76. The Bertz CT molecular complexity index is 2780. The second kappa shape index (κ2) is 11.4. The summed E-state index contributed by atoms with van der Waals surface area (Å²) in [6.45, 7) is 0. The molecule has 0 atom stereocenters. The van der Waals surface area contributed by atoms with Crippen LogP contribution in [0.2, 0.25) is 0 Å². The van der Waals surface area contributed by atoms with Gasteiger partial charge in [0.25, 0.3) is 0 Å². The molecule has 0 fully saturated rings. The lowest BCUT2D eigenvalue weighted by atomic mass is 10.1. The van der Waals surface area contributed by atoms with Crippen LogP contribution in [0.5, 0.6) is 0 Å². The van der Waals surface area contributed by atoms with Crippen LogP contribution >= 0.6 is 0 Å². The molecule has 0 amide bonds. The topological polar surface area (TPSA) is 56.7 Å². The first-order chi connectivity index (χ1) is 24.8. The van der Waals surface area contributed by atoms with Crippen LogP contribution in [0.3, 0.4) is 0 Å². The Balaban J connectivity index is 1.18. The first kappa shape index (κ1) is 28.2. The lowest BCUT2D eigenvalue weighted by molar-refractivity contribution is 0.670. The van der Waals surface area contributed by atoms with Crippen LogP contribution in [-0.2, 0) is 0 Å². The fourth-order valence-electron chi connectivity index (χ4n) is 7.08. The van der Waals surface area contributed by atoms with Crippen molar-refractivity contribution in [2.75, 3.05) is 0 Å². The minimum Gasteiger partial charge on any atom is -0.455 e. The molecule has 234 valence electrons. The number of hydrogen-bond acceptors (Lipinski definition) is 4. The largest absolute Gasteiger partial charge is 0.455 e. The van der Waals surface area contributed by atoms with Gasteiger partial charge in [0, 0.05) is 38.4 Å². The Labute approximate surface area is 287 Å². The number of nitrogens with zero attached hydrogens (tertiary/aromatic N) is 4. The Kier molecular flexibility index (Phi) is 6.42. The first-order valence-electron chi connectivity index (χ1n) is 16.7. The summed E-state index contributed by atoms with van der Waals surface area (Å²) in [6.07, 6.45) is 0. The zero-order chi connectivity index (χ0) is 33.0. The molecule has 0 spiro atoms. The van der Waals surface area contributed by atoms with E-state index in [9.17, 15) is 0 Å². The van der Waals surface area contributed by atoms with Crippen molar-refractivity contribution in [2.45, 2.75) is 0 Å². The van der Waals surface area contributed by atoms with E-state index in [-0.39, 0.29) is 0 Å². The van der Waals surface area contributed by atoms with E-state index in [1.165, 1.54) is 16.5 Å². The van der Waals surface area contributed by atoms with Crippen molar-refractivity contribution in [3.8, 4) is 51.0 Å². The summed E-state index contributed by atoms with van der Waals surface area (Å²) in [7, 11) is 0. The maximum Gasteiger partial charge on any atom is 0.167 e. The van der Waals surface area contributed by atoms with Gasteiger partial charge in [0.1, 0.15) is 11.2 Å². The van der Waals surface area contributed by atoms with E-state index in [2.05, 4.69) is 102 Å². The first-order valence-corrected chi connectivity index (χ1v) is 16.7. The molecule has 0 bridgehead atoms. The molecule has 10 rings (SSSR count). The third-order valence-corrected chi connectivity index (χ3v) is 9.46. The second-order valence-corrected chi connectivity index (χ2v) is 12.5. The minimum absolute atomic E-state index is 0.570. The second-order valence-electron chi connectivity index (χ2n) is 12.5. The summed E-state index contributed by atoms with van der Waals surface area (Å²) < 4.78 is 9.11. The molecule has 5 nitrogen and oxygen atoms in total. The third-order valence-electron chi connectivity index (χ3n) is 9.46. The number of furan rings is 1. The van der Waals surface area contributed by atoms with Gasteiger partial charge in [0.05, 0.1) is 16.6 Å². The van der Waals surface area contributed by atoms with E-state index in [0.29, 0.717) is 17.5 Å². The van der Waals surface area contributed by atoms with Crippen LogP contribution in [0, 0.1) is 0 Å². The van der Waals surface area contributed by atoms with Crippen LogP contribution in [0.25, 0.3) is 94.7 Å². The molecule has 0 aliphatic rings. The average molecular weight is 641 g/mol. The summed E-state index contributed by atoms with van der Waals surface area (Å²) in [6, 6.07) is 58.6. The fourth-order valence-corrected chi connectivity index (χ4v) is 7.08. The molecular weight excluding hydrogens is 613 g/mol. The van der Waals surface area contributed by atoms with Gasteiger partial charge in [0.2, 0.25) is 0 Å².